The molecule has 2 N–H and O–H groups in total. The lowest BCUT2D eigenvalue weighted by Gasteiger charge is -2.22. The molecule has 0 heterocycles. The number of halogens is 1. The molecule has 1 amide bonds. The first-order chi connectivity index (χ1) is 9.74. The molecule has 0 radical (unpaired) electrons. The summed E-state index contributed by atoms with van der Waals surface area (Å²) in [5.74, 6) is -0.0858. The number of benzene rings is 1. The van der Waals surface area contributed by atoms with Crippen LogP contribution < -0.4 is 10.7 Å². The molecule has 0 bridgehead atoms. The van der Waals surface area contributed by atoms with Gasteiger partial charge in [0.25, 0.3) is 5.91 Å². The smallest absolute Gasteiger partial charge is 0.254 e. The van der Waals surface area contributed by atoms with Crippen molar-refractivity contribution in [3.05, 3.63) is 33.4 Å². The van der Waals surface area contributed by atoms with Crippen molar-refractivity contribution in [1.29, 1.82) is 0 Å². The number of hydrogen-bond acceptors (Lipinski definition) is 3. The van der Waals surface area contributed by atoms with Gasteiger partial charge in [0, 0.05) is 9.61 Å². The fraction of sp³-hybridized carbons (Fsp3) is 0.467. The Kier molecular flexibility index (Phi) is 6.46. The van der Waals surface area contributed by atoms with Crippen molar-refractivity contribution in [2.24, 2.45) is 5.10 Å². The van der Waals surface area contributed by atoms with Gasteiger partial charge in [-0.3, -0.25) is 4.79 Å². The molecule has 108 valence electrons. The van der Waals surface area contributed by atoms with Crippen molar-refractivity contribution in [1.82, 2.24) is 10.7 Å². The molecule has 4 nitrogen and oxygen atoms in total. The molecule has 0 spiro atoms. The van der Waals surface area contributed by atoms with Gasteiger partial charge in [0.15, 0.2) is 0 Å². The molecular weight excluding hydrogens is 365 g/mol. The Morgan fingerprint density at radius 2 is 1.95 bits per heavy atom. The van der Waals surface area contributed by atoms with Crippen LogP contribution in [0.2, 0.25) is 0 Å². The number of carbonyl (C=O) groups is 1. The van der Waals surface area contributed by atoms with E-state index in [1.54, 1.807) is 6.21 Å². The van der Waals surface area contributed by atoms with Crippen LogP contribution in [0.25, 0.3) is 0 Å². The highest BCUT2D eigenvalue weighted by molar-refractivity contribution is 14.1. The van der Waals surface area contributed by atoms with Gasteiger partial charge in [-0.05, 0) is 53.1 Å². The number of carbonyl (C=O) groups excluding carboxylic acids is 1. The van der Waals surface area contributed by atoms with Crippen LogP contribution in [0.1, 0.15) is 37.7 Å². The van der Waals surface area contributed by atoms with Crippen LogP contribution in [-0.4, -0.2) is 24.7 Å². The molecule has 0 saturated heterocycles. The monoisotopic (exact) mass is 385 g/mol. The fourth-order valence-electron chi connectivity index (χ4n) is 2.31. The van der Waals surface area contributed by atoms with E-state index >= 15 is 0 Å². The summed E-state index contributed by atoms with van der Waals surface area (Å²) in [6.45, 7) is 0.342. The number of amides is 1. The second-order valence-corrected chi connectivity index (χ2v) is 6.31. The van der Waals surface area contributed by atoms with Crippen molar-refractivity contribution in [2.75, 3.05) is 6.54 Å². The average Bonchev–Trinajstić information content (AvgIpc) is 2.48. The Hall–Kier alpha value is -0.950. The average molecular weight is 385 g/mol. The second kappa shape index (κ2) is 8.36. The molecule has 1 aromatic carbocycles. The van der Waals surface area contributed by atoms with Gasteiger partial charge >= 0.3 is 0 Å². The second-order valence-electron chi connectivity index (χ2n) is 5.06. The van der Waals surface area contributed by atoms with Crippen molar-refractivity contribution in [3.8, 4) is 0 Å². The zero-order chi connectivity index (χ0) is 14.2. The molecule has 2 rings (SSSR count). The fourth-order valence-corrected chi connectivity index (χ4v) is 2.67. The molecule has 0 aromatic heterocycles. The maximum atomic E-state index is 11.6. The SMILES string of the molecule is O=C(CNC1CCCCC1)N/N=C\c1ccc(I)cc1. The number of nitrogens with one attached hydrogen (secondary N) is 2. The normalized spacial score (nSPS) is 16.4. The summed E-state index contributed by atoms with van der Waals surface area (Å²) < 4.78 is 1.18. The largest absolute Gasteiger partial charge is 0.306 e. The van der Waals surface area contributed by atoms with Crippen molar-refractivity contribution in [3.63, 3.8) is 0 Å². The molecule has 1 aliphatic rings. The minimum Gasteiger partial charge on any atom is -0.306 e. The molecule has 1 fully saturated rings. The number of hydrogen-bond donors (Lipinski definition) is 2. The molecule has 5 heteroatoms. The van der Waals surface area contributed by atoms with E-state index in [1.165, 1.54) is 35.7 Å². The van der Waals surface area contributed by atoms with Gasteiger partial charge in [-0.25, -0.2) is 5.43 Å². The Labute approximate surface area is 133 Å². The van der Waals surface area contributed by atoms with Gasteiger partial charge in [-0.1, -0.05) is 31.4 Å². The van der Waals surface area contributed by atoms with Crippen LogP contribution in [-0.2, 0) is 4.79 Å². The first-order valence-electron chi connectivity index (χ1n) is 7.05. The van der Waals surface area contributed by atoms with Crippen molar-refractivity contribution in [2.45, 2.75) is 38.1 Å². The summed E-state index contributed by atoms with van der Waals surface area (Å²) in [7, 11) is 0. The van der Waals surface area contributed by atoms with Gasteiger partial charge in [0.2, 0.25) is 0 Å². The molecule has 1 aromatic rings. The van der Waals surface area contributed by atoms with Gasteiger partial charge < -0.3 is 5.32 Å². The van der Waals surface area contributed by atoms with Crippen LogP contribution in [0.4, 0.5) is 0 Å². The highest BCUT2D eigenvalue weighted by Crippen LogP contribution is 2.16. The Bertz CT molecular complexity index is 453. The third-order valence-electron chi connectivity index (χ3n) is 3.43. The molecule has 0 unspecified atom stereocenters. The summed E-state index contributed by atoms with van der Waals surface area (Å²) in [5.41, 5.74) is 3.53. The topological polar surface area (TPSA) is 53.5 Å². The number of rotatable bonds is 5. The summed E-state index contributed by atoms with van der Waals surface area (Å²) in [4.78, 5) is 11.6. The van der Waals surface area contributed by atoms with Gasteiger partial charge in [-0.15, -0.1) is 0 Å². The van der Waals surface area contributed by atoms with E-state index in [4.69, 9.17) is 0 Å². The predicted molar refractivity (Wildman–Crippen MR) is 89.8 cm³/mol. The minimum atomic E-state index is -0.0858. The molecular formula is C15H20IN3O. The Morgan fingerprint density at radius 1 is 1.25 bits per heavy atom. The Morgan fingerprint density at radius 3 is 2.65 bits per heavy atom. The summed E-state index contributed by atoms with van der Waals surface area (Å²) in [6.07, 6.45) is 7.88. The lowest BCUT2D eigenvalue weighted by molar-refractivity contribution is -0.120. The lowest BCUT2D eigenvalue weighted by Crippen LogP contribution is -2.38. The molecule has 0 aliphatic heterocycles. The van der Waals surface area contributed by atoms with Crippen LogP contribution in [0.3, 0.4) is 0 Å². The summed E-state index contributed by atoms with van der Waals surface area (Å²) in [5, 5.41) is 7.26. The number of nitrogens with zero attached hydrogens (tertiary/aromatic N) is 1. The zero-order valence-electron chi connectivity index (χ0n) is 11.4. The van der Waals surface area contributed by atoms with Crippen molar-refractivity contribution >= 4 is 34.7 Å². The third-order valence-corrected chi connectivity index (χ3v) is 4.15. The van der Waals surface area contributed by atoms with E-state index in [0.29, 0.717) is 12.6 Å². The summed E-state index contributed by atoms with van der Waals surface area (Å²) in [6, 6.07) is 8.45. The van der Waals surface area contributed by atoms with Crippen LogP contribution in [0.5, 0.6) is 0 Å². The van der Waals surface area contributed by atoms with E-state index in [1.807, 2.05) is 24.3 Å². The number of hydrazone groups is 1. The van der Waals surface area contributed by atoms with Gasteiger partial charge in [0.1, 0.15) is 0 Å². The standard InChI is InChI=1S/C15H20IN3O/c16-13-8-6-12(7-9-13)10-18-19-15(20)11-17-14-4-2-1-3-5-14/h6-10,14,17H,1-5,11H2,(H,19,20)/b18-10-. The maximum absolute atomic E-state index is 11.6. The Balaban J connectivity index is 1.67. The molecule has 1 saturated carbocycles. The zero-order valence-corrected chi connectivity index (χ0v) is 13.6. The lowest BCUT2D eigenvalue weighted by atomic mass is 9.95. The minimum absolute atomic E-state index is 0.0858. The van der Waals surface area contributed by atoms with E-state index in [0.717, 1.165) is 5.56 Å². The van der Waals surface area contributed by atoms with Crippen molar-refractivity contribution < 1.29 is 4.79 Å². The highest BCUT2D eigenvalue weighted by Gasteiger charge is 2.13. The van der Waals surface area contributed by atoms with Crippen LogP contribution >= 0.6 is 22.6 Å². The van der Waals surface area contributed by atoms with Crippen LogP contribution in [0.15, 0.2) is 29.4 Å². The first-order valence-corrected chi connectivity index (χ1v) is 8.13. The van der Waals surface area contributed by atoms with E-state index in [-0.39, 0.29) is 5.91 Å². The molecule has 0 atom stereocenters. The quantitative estimate of drug-likeness (QED) is 0.465. The summed E-state index contributed by atoms with van der Waals surface area (Å²) >= 11 is 2.25. The predicted octanol–water partition coefficient (Wildman–Crippen LogP) is 2.66. The van der Waals surface area contributed by atoms with Crippen LogP contribution in [0, 0.1) is 3.57 Å². The van der Waals surface area contributed by atoms with E-state index in [9.17, 15) is 4.79 Å². The van der Waals surface area contributed by atoms with Gasteiger partial charge in [-0.2, -0.15) is 5.10 Å². The van der Waals surface area contributed by atoms with E-state index in [2.05, 4.69) is 38.4 Å². The highest BCUT2D eigenvalue weighted by atomic mass is 127. The van der Waals surface area contributed by atoms with E-state index < -0.39 is 0 Å². The third kappa shape index (κ3) is 5.58. The maximum Gasteiger partial charge on any atom is 0.254 e. The first kappa shape index (κ1) is 15.4. The van der Waals surface area contributed by atoms with Gasteiger partial charge in [0.05, 0.1) is 12.8 Å². The molecule has 20 heavy (non-hydrogen) atoms. The molecule has 1 aliphatic carbocycles.